The summed E-state index contributed by atoms with van der Waals surface area (Å²) in [5, 5.41) is 4.23. The highest BCUT2D eigenvalue weighted by Crippen LogP contribution is 2.25. The lowest BCUT2D eigenvalue weighted by Crippen LogP contribution is -2.49. The van der Waals surface area contributed by atoms with Gasteiger partial charge in [0.15, 0.2) is 6.61 Å². The van der Waals surface area contributed by atoms with Gasteiger partial charge >= 0.3 is 6.18 Å². The van der Waals surface area contributed by atoms with Crippen molar-refractivity contribution in [3.8, 4) is 11.6 Å². The van der Waals surface area contributed by atoms with E-state index in [1.165, 1.54) is 34.1 Å². The van der Waals surface area contributed by atoms with Crippen LogP contribution in [0.5, 0.6) is 5.88 Å². The number of piperazine rings is 1. The molecule has 12 heteroatoms. The van der Waals surface area contributed by atoms with E-state index in [9.17, 15) is 22.8 Å². The minimum Gasteiger partial charge on any atom is -0.467 e. The van der Waals surface area contributed by atoms with Crippen LogP contribution in [0.4, 0.5) is 18.9 Å². The lowest BCUT2D eigenvalue weighted by Gasteiger charge is -2.36. The molecule has 1 aliphatic heterocycles. The van der Waals surface area contributed by atoms with Crippen LogP contribution in [0, 0.1) is 0 Å². The number of halogens is 4. The number of hydrogen-bond donors (Lipinski definition) is 0. The minimum absolute atomic E-state index is 0.00808. The highest BCUT2D eigenvalue weighted by atomic mass is 35.5. The van der Waals surface area contributed by atoms with Gasteiger partial charge in [-0.25, -0.2) is 4.98 Å². The number of ether oxygens (including phenoxy) is 1. The zero-order valence-electron chi connectivity index (χ0n) is 17.7. The molecule has 34 heavy (non-hydrogen) atoms. The number of carbonyl (C=O) groups is 1. The fraction of sp³-hybridized carbons (Fsp3) is 0.273. The largest absolute Gasteiger partial charge is 0.467 e. The van der Waals surface area contributed by atoms with Gasteiger partial charge in [-0.3, -0.25) is 9.59 Å². The number of carbonyl (C=O) groups excluding carboxylic acids is 1. The molecule has 3 aromatic rings. The SMILES string of the molecule is O=C(c1cccnc1OCC(F)(F)F)N1CCN(c2cnn(-c3ccccc3)c(=O)c2Cl)CC1. The summed E-state index contributed by atoms with van der Waals surface area (Å²) in [5.74, 6) is -0.863. The first kappa shape index (κ1) is 23.6. The van der Waals surface area contributed by atoms with Crippen molar-refractivity contribution < 1.29 is 22.7 Å². The number of amides is 1. The fourth-order valence-electron chi connectivity index (χ4n) is 3.54. The Kier molecular flexibility index (Phi) is 6.73. The maximum absolute atomic E-state index is 12.9. The van der Waals surface area contributed by atoms with Gasteiger partial charge in [-0.2, -0.15) is 23.0 Å². The number of alkyl halides is 3. The summed E-state index contributed by atoms with van der Waals surface area (Å²) >= 11 is 6.36. The summed E-state index contributed by atoms with van der Waals surface area (Å²) in [6.45, 7) is -0.338. The molecule has 0 N–H and O–H groups in total. The molecule has 0 spiro atoms. The van der Waals surface area contributed by atoms with Gasteiger partial charge < -0.3 is 14.5 Å². The first-order valence-electron chi connectivity index (χ1n) is 10.3. The number of aromatic nitrogens is 3. The normalized spacial score (nSPS) is 14.2. The molecule has 0 aliphatic carbocycles. The van der Waals surface area contributed by atoms with Gasteiger partial charge in [0.2, 0.25) is 5.88 Å². The molecule has 178 valence electrons. The number of pyridine rings is 1. The maximum atomic E-state index is 12.9. The summed E-state index contributed by atoms with van der Waals surface area (Å²) in [6, 6.07) is 11.7. The van der Waals surface area contributed by atoms with E-state index in [0.29, 0.717) is 24.5 Å². The van der Waals surface area contributed by atoms with Crippen LogP contribution in [0.2, 0.25) is 5.02 Å². The van der Waals surface area contributed by atoms with E-state index in [1.54, 1.807) is 24.3 Å². The van der Waals surface area contributed by atoms with Crippen LogP contribution in [0.3, 0.4) is 0 Å². The van der Waals surface area contributed by atoms with Crippen molar-refractivity contribution in [2.45, 2.75) is 6.18 Å². The van der Waals surface area contributed by atoms with Crippen molar-refractivity contribution in [3.63, 3.8) is 0 Å². The van der Waals surface area contributed by atoms with Crippen molar-refractivity contribution in [1.82, 2.24) is 19.7 Å². The molecular formula is C22H19ClF3N5O3. The van der Waals surface area contributed by atoms with Gasteiger partial charge in [-0.05, 0) is 24.3 Å². The van der Waals surface area contributed by atoms with Crippen LogP contribution in [0.15, 0.2) is 59.7 Å². The molecule has 0 atom stereocenters. The summed E-state index contributed by atoms with van der Waals surface area (Å²) in [6.07, 6.45) is -1.79. The third kappa shape index (κ3) is 5.14. The number of anilines is 1. The van der Waals surface area contributed by atoms with E-state index < -0.39 is 24.2 Å². The summed E-state index contributed by atoms with van der Waals surface area (Å²) < 4.78 is 43.5. The Labute approximate surface area is 197 Å². The van der Waals surface area contributed by atoms with Crippen molar-refractivity contribution in [1.29, 1.82) is 0 Å². The molecule has 4 rings (SSSR count). The predicted octanol–water partition coefficient (Wildman–Crippen LogP) is 3.18. The second kappa shape index (κ2) is 9.72. The van der Waals surface area contributed by atoms with Gasteiger partial charge in [-0.1, -0.05) is 29.8 Å². The summed E-state index contributed by atoms with van der Waals surface area (Å²) in [5.41, 5.74) is 0.508. The zero-order valence-corrected chi connectivity index (χ0v) is 18.5. The quantitative estimate of drug-likeness (QED) is 0.543. The molecule has 0 radical (unpaired) electrons. The standard InChI is InChI=1S/C22H19ClF3N5O3/c23-18-17(13-28-31(21(18)33)15-5-2-1-3-6-15)29-9-11-30(12-10-29)20(32)16-7-4-8-27-19(16)34-14-22(24,25)26/h1-8,13H,9-12,14H2. The number of benzene rings is 1. The second-order valence-electron chi connectivity index (χ2n) is 7.44. The lowest BCUT2D eigenvalue weighted by atomic mass is 10.2. The second-order valence-corrected chi connectivity index (χ2v) is 7.81. The first-order valence-corrected chi connectivity index (χ1v) is 10.6. The third-order valence-corrected chi connectivity index (χ3v) is 5.54. The first-order chi connectivity index (χ1) is 16.2. The minimum atomic E-state index is -4.55. The maximum Gasteiger partial charge on any atom is 0.422 e. The third-order valence-electron chi connectivity index (χ3n) is 5.18. The van der Waals surface area contributed by atoms with Crippen LogP contribution in [0.25, 0.3) is 5.69 Å². The Bertz CT molecular complexity index is 1230. The Morgan fingerprint density at radius 1 is 1.06 bits per heavy atom. The smallest absolute Gasteiger partial charge is 0.422 e. The lowest BCUT2D eigenvalue weighted by molar-refractivity contribution is -0.154. The molecule has 2 aromatic heterocycles. The highest BCUT2D eigenvalue weighted by Gasteiger charge is 2.31. The monoisotopic (exact) mass is 493 g/mol. The van der Waals surface area contributed by atoms with E-state index in [4.69, 9.17) is 16.3 Å². The number of para-hydroxylation sites is 1. The van der Waals surface area contributed by atoms with Gasteiger partial charge in [0.25, 0.3) is 11.5 Å². The van der Waals surface area contributed by atoms with Crippen molar-refractivity contribution in [2.75, 3.05) is 37.7 Å². The average Bonchev–Trinajstić information content (AvgIpc) is 2.84. The van der Waals surface area contributed by atoms with Crippen LogP contribution in [-0.2, 0) is 0 Å². The summed E-state index contributed by atoms with van der Waals surface area (Å²) in [4.78, 5) is 32.8. The molecule has 1 aliphatic rings. The number of rotatable bonds is 5. The number of nitrogens with zero attached hydrogens (tertiary/aromatic N) is 5. The molecule has 0 bridgehead atoms. The average molecular weight is 494 g/mol. The molecule has 8 nitrogen and oxygen atoms in total. The molecular weight excluding hydrogens is 475 g/mol. The van der Waals surface area contributed by atoms with E-state index in [0.717, 1.165) is 0 Å². The van der Waals surface area contributed by atoms with Gasteiger partial charge in [-0.15, -0.1) is 0 Å². The molecule has 1 amide bonds. The predicted molar refractivity (Wildman–Crippen MR) is 119 cm³/mol. The van der Waals surface area contributed by atoms with Gasteiger partial charge in [0, 0.05) is 32.4 Å². The topological polar surface area (TPSA) is 80.6 Å². The molecule has 0 unspecified atom stereocenters. The highest BCUT2D eigenvalue weighted by molar-refractivity contribution is 6.33. The Morgan fingerprint density at radius 3 is 2.44 bits per heavy atom. The van der Waals surface area contributed by atoms with E-state index in [1.807, 2.05) is 11.0 Å². The zero-order chi connectivity index (χ0) is 24.3. The Hall–Kier alpha value is -3.60. The molecule has 1 fully saturated rings. The van der Waals surface area contributed by atoms with Crippen molar-refractivity contribution in [3.05, 3.63) is 75.8 Å². The summed E-state index contributed by atoms with van der Waals surface area (Å²) in [7, 11) is 0. The molecule has 0 saturated carbocycles. The van der Waals surface area contributed by atoms with Gasteiger partial charge in [0.1, 0.15) is 10.6 Å². The fourth-order valence-corrected chi connectivity index (χ4v) is 3.79. The van der Waals surface area contributed by atoms with Crippen molar-refractivity contribution >= 4 is 23.2 Å². The van der Waals surface area contributed by atoms with E-state index >= 15 is 0 Å². The van der Waals surface area contributed by atoms with Crippen LogP contribution in [-0.4, -0.2) is 64.5 Å². The Balaban J connectivity index is 1.46. The van der Waals surface area contributed by atoms with Crippen LogP contribution < -0.4 is 15.2 Å². The van der Waals surface area contributed by atoms with E-state index in [-0.39, 0.29) is 29.6 Å². The molecule has 1 saturated heterocycles. The van der Waals surface area contributed by atoms with Gasteiger partial charge in [0.05, 0.1) is 17.6 Å². The Morgan fingerprint density at radius 2 is 1.76 bits per heavy atom. The van der Waals surface area contributed by atoms with E-state index in [2.05, 4.69) is 10.1 Å². The number of hydrogen-bond acceptors (Lipinski definition) is 6. The molecule has 3 heterocycles. The van der Waals surface area contributed by atoms with Crippen molar-refractivity contribution in [2.24, 2.45) is 0 Å². The van der Waals surface area contributed by atoms with Crippen LogP contribution >= 0.6 is 11.6 Å². The molecule has 1 aromatic carbocycles. The van der Waals surface area contributed by atoms with Crippen LogP contribution in [0.1, 0.15) is 10.4 Å².